The van der Waals surface area contributed by atoms with Crippen molar-refractivity contribution in [2.45, 2.75) is 57.5 Å². The van der Waals surface area contributed by atoms with Gasteiger partial charge in [-0.3, -0.25) is 9.89 Å². The zero-order valence-electron chi connectivity index (χ0n) is 17.6. The van der Waals surface area contributed by atoms with Crippen molar-refractivity contribution in [3.8, 4) is 0 Å². The van der Waals surface area contributed by atoms with E-state index in [1.54, 1.807) is 19.2 Å². The summed E-state index contributed by atoms with van der Waals surface area (Å²) in [5.74, 6) is 2.70. The lowest BCUT2D eigenvalue weighted by Gasteiger charge is -2.20. The van der Waals surface area contributed by atoms with E-state index in [4.69, 9.17) is 0 Å². The summed E-state index contributed by atoms with van der Waals surface area (Å²) in [6.45, 7) is 3.85. The van der Waals surface area contributed by atoms with E-state index in [0.717, 1.165) is 74.2 Å². The summed E-state index contributed by atoms with van der Waals surface area (Å²) in [7, 11) is 1.74. The largest absolute Gasteiger partial charge is 0.416 e. The van der Waals surface area contributed by atoms with Crippen molar-refractivity contribution in [3.63, 3.8) is 0 Å². The zero-order chi connectivity index (χ0) is 21.8. The van der Waals surface area contributed by atoms with Gasteiger partial charge in [-0.2, -0.15) is 13.2 Å². The summed E-state index contributed by atoms with van der Waals surface area (Å²) in [5, 5.41) is 15.3. The average Bonchev–Trinajstić information content (AvgIpc) is 3.37. The van der Waals surface area contributed by atoms with Crippen LogP contribution in [0.3, 0.4) is 0 Å². The Morgan fingerprint density at radius 1 is 1.16 bits per heavy atom. The van der Waals surface area contributed by atoms with Crippen LogP contribution in [0.15, 0.2) is 29.3 Å². The van der Waals surface area contributed by atoms with Crippen molar-refractivity contribution >= 4 is 5.96 Å². The van der Waals surface area contributed by atoms with Crippen LogP contribution < -0.4 is 10.6 Å². The molecule has 4 rings (SSSR count). The van der Waals surface area contributed by atoms with Gasteiger partial charge in [0, 0.05) is 45.7 Å². The standard InChI is InChI=1S/C21H28F3N7/c1-25-20(26-12-19-29-28-18-4-2-3-10-31(18)19)27-17-9-11-30(14-17)13-15-5-7-16(8-6-15)21(22,23)24/h5-8,17H,2-4,9-14H2,1H3,(H2,25,26,27). The normalized spacial score (nSPS) is 20.0. The summed E-state index contributed by atoms with van der Waals surface area (Å²) < 4.78 is 40.4. The fraction of sp³-hybridized carbons (Fsp3) is 0.571. The third-order valence-electron chi connectivity index (χ3n) is 5.87. The smallest absolute Gasteiger partial charge is 0.352 e. The number of aryl methyl sites for hydroxylation is 1. The Kier molecular flexibility index (Phi) is 6.45. The van der Waals surface area contributed by atoms with Crippen molar-refractivity contribution in [3.05, 3.63) is 47.0 Å². The van der Waals surface area contributed by atoms with Crippen molar-refractivity contribution in [2.24, 2.45) is 4.99 Å². The number of hydrogen-bond acceptors (Lipinski definition) is 4. The number of alkyl halides is 3. The van der Waals surface area contributed by atoms with Crippen molar-refractivity contribution in [1.29, 1.82) is 0 Å². The Labute approximate surface area is 179 Å². The van der Waals surface area contributed by atoms with E-state index in [1.807, 2.05) is 0 Å². The maximum Gasteiger partial charge on any atom is 0.416 e. The summed E-state index contributed by atoms with van der Waals surface area (Å²) in [5.41, 5.74) is 0.272. The van der Waals surface area contributed by atoms with Crippen LogP contribution >= 0.6 is 0 Å². The van der Waals surface area contributed by atoms with Gasteiger partial charge in [-0.05, 0) is 37.0 Å². The zero-order valence-corrected chi connectivity index (χ0v) is 17.6. The van der Waals surface area contributed by atoms with E-state index >= 15 is 0 Å². The number of halogens is 3. The summed E-state index contributed by atoms with van der Waals surface area (Å²) in [6, 6.07) is 5.65. The highest BCUT2D eigenvalue weighted by Crippen LogP contribution is 2.29. The minimum Gasteiger partial charge on any atom is -0.352 e. The van der Waals surface area contributed by atoms with Gasteiger partial charge in [-0.1, -0.05) is 12.1 Å². The third kappa shape index (κ3) is 5.36. The highest BCUT2D eigenvalue weighted by atomic mass is 19.4. The second-order valence-corrected chi connectivity index (χ2v) is 8.13. The summed E-state index contributed by atoms with van der Waals surface area (Å²) in [6.07, 6.45) is -0.0460. The number of hydrogen-bond donors (Lipinski definition) is 2. The Morgan fingerprint density at radius 3 is 2.71 bits per heavy atom. The number of benzene rings is 1. The van der Waals surface area contributed by atoms with Gasteiger partial charge < -0.3 is 15.2 Å². The SMILES string of the molecule is CN=C(NCc1nnc2n1CCCC2)NC1CCN(Cc2ccc(C(F)(F)F)cc2)C1. The molecule has 7 nitrogen and oxygen atoms in total. The molecule has 0 amide bonds. The van der Waals surface area contributed by atoms with Gasteiger partial charge in [0.25, 0.3) is 0 Å². The van der Waals surface area contributed by atoms with Gasteiger partial charge in [0.2, 0.25) is 0 Å². The first-order chi connectivity index (χ1) is 14.9. The summed E-state index contributed by atoms with van der Waals surface area (Å²) >= 11 is 0. The van der Waals surface area contributed by atoms with E-state index in [-0.39, 0.29) is 6.04 Å². The predicted molar refractivity (Wildman–Crippen MR) is 111 cm³/mol. The lowest BCUT2D eigenvalue weighted by molar-refractivity contribution is -0.137. The number of nitrogens with one attached hydrogen (secondary N) is 2. The predicted octanol–water partition coefficient (Wildman–Crippen LogP) is 2.57. The molecule has 3 heterocycles. The molecule has 2 aliphatic rings. The quantitative estimate of drug-likeness (QED) is 0.558. The lowest BCUT2D eigenvalue weighted by atomic mass is 10.1. The highest BCUT2D eigenvalue weighted by Gasteiger charge is 2.30. The van der Waals surface area contributed by atoms with Crippen molar-refractivity contribution < 1.29 is 13.2 Å². The molecule has 0 spiro atoms. The van der Waals surface area contributed by atoms with Crippen molar-refractivity contribution in [2.75, 3.05) is 20.1 Å². The molecule has 31 heavy (non-hydrogen) atoms. The molecule has 168 valence electrons. The maximum absolute atomic E-state index is 12.7. The van der Waals surface area contributed by atoms with Gasteiger partial charge in [0.05, 0.1) is 12.1 Å². The third-order valence-corrected chi connectivity index (χ3v) is 5.87. The second-order valence-electron chi connectivity index (χ2n) is 8.13. The lowest BCUT2D eigenvalue weighted by Crippen LogP contribution is -2.44. The van der Waals surface area contributed by atoms with E-state index < -0.39 is 11.7 Å². The Balaban J connectivity index is 1.25. The molecule has 2 aliphatic heterocycles. The molecule has 2 N–H and O–H groups in total. The first-order valence-corrected chi connectivity index (χ1v) is 10.7. The second kappa shape index (κ2) is 9.25. The molecular formula is C21H28F3N7. The number of aromatic nitrogens is 3. The Morgan fingerprint density at radius 2 is 1.97 bits per heavy atom. The van der Waals surface area contributed by atoms with Crippen LogP contribution in [0.5, 0.6) is 0 Å². The maximum atomic E-state index is 12.7. The number of aliphatic imine (C=N–C) groups is 1. The van der Waals surface area contributed by atoms with Crippen LogP contribution in [-0.4, -0.2) is 51.8 Å². The number of rotatable bonds is 5. The minimum atomic E-state index is -4.30. The number of guanidine groups is 1. The number of nitrogens with zero attached hydrogens (tertiary/aromatic N) is 5. The highest BCUT2D eigenvalue weighted by molar-refractivity contribution is 5.79. The Hall–Kier alpha value is -2.62. The summed E-state index contributed by atoms with van der Waals surface area (Å²) in [4.78, 5) is 6.56. The van der Waals surface area contributed by atoms with E-state index in [2.05, 4.69) is 35.3 Å². The van der Waals surface area contributed by atoms with Crippen LogP contribution in [0.4, 0.5) is 13.2 Å². The molecule has 2 aromatic rings. The van der Waals surface area contributed by atoms with Crippen LogP contribution in [0.1, 0.15) is 42.0 Å². The van der Waals surface area contributed by atoms with Crippen molar-refractivity contribution in [1.82, 2.24) is 30.3 Å². The molecule has 10 heteroatoms. The van der Waals surface area contributed by atoms with E-state index in [0.29, 0.717) is 13.1 Å². The van der Waals surface area contributed by atoms with E-state index in [9.17, 15) is 13.2 Å². The molecule has 0 bridgehead atoms. The molecule has 0 radical (unpaired) electrons. The average molecular weight is 435 g/mol. The van der Waals surface area contributed by atoms with Gasteiger partial charge in [0.15, 0.2) is 11.8 Å². The van der Waals surface area contributed by atoms with Gasteiger partial charge >= 0.3 is 6.18 Å². The molecule has 1 aromatic carbocycles. The first-order valence-electron chi connectivity index (χ1n) is 10.7. The molecule has 1 unspecified atom stereocenters. The molecule has 1 atom stereocenters. The monoisotopic (exact) mass is 435 g/mol. The fourth-order valence-corrected chi connectivity index (χ4v) is 4.20. The number of fused-ring (bicyclic) bond motifs is 1. The molecule has 0 saturated carbocycles. The Bertz CT molecular complexity index is 905. The topological polar surface area (TPSA) is 70.4 Å². The first kappa shape index (κ1) is 21.6. The van der Waals surface area contributed by atoms with E-state index in [1.165, 1.54) is 6.42 Å². The van der Waals surface area contributed by atoms with Gasteiger partial charge in [0.1, 0.15) is 5.82 Å². The fourth-order valence-electron chi connectivity index (χ4n) is 4.20. The van der Waals surface area contributed by atoms with Gasteiger partial charge in [-0.15, -0.1) is 10.2 Å². The minimum absolute atomic E-state index is 0.230. The molecule has 1 saturated heterocycles. The van der Waals surface area contributed by atoms with Crippen LogP contribution in [0.2, 0.25) is 0 Å². The van der Waals surface area contributed by atoms with Crippen LogP contribution in [0, 0.1) is 0 Å². The number of likely N-dealkylation sites (tertiary alicyclic amines) is 1. The molecule has 0 aliphatic carbocycles. The van der Waals surface area contributed by atoms with Crippen LogP contribution in [0.25, 0.3) is 0 Å². The molecule has 1 aromatic heterocycles. The molecular weight excluding hydrogens is 407 g/mol. The van der Waals surface area contributed by atoms with Crippen LogP contribution in [-0.2, 0) is 32.2 Å². The molecule has 1 fully saturated rings. The van der Waals surface area contributed by atoms with Gasteiger partial charge in [-0.25, -0.2) is 0 Å².